The van der Waals surface area contributed by atoms with E-state index in [0.717, 1.165) is 37.0 Å². The smallest absolute Gasteiger partial charge is 0.324 e. The van der Waals surface area contributed by atoms with Crippen molar-refractivity contribution in [3.05, 3.63) is 51.8 Å². The molecule has 0 atom stereocenters. The molecule has 4 aromatic rings. The Kier molecular flexibility index (Phi) is 5.88. The van der Waals surface area contributed by atoms with Gasteiger partial charge >= 0.3 is 5.00 Å². The number of methoxy groups -OCH3 is 1. The number of nitro groups is 1. The maximum atomic E-state index is 12.9. The first kappa shape index (κ1) is 21.9. The lowest BCUT2D eigenvalue weighted by atomic mass is 9.96. The molecule has 0 radical (unpaired) electrons. The van der Waals surface area contributed by atoms with Gasteiger partial charge in [-0.05, 0) is 25.0 Å². The lowest BCUT2D eigenvalue weighted by molar-refractivity contribution is -0.380. The topological polar surface area (TPSA) is 138 Å². The molecule has 1 aliphatic rings. The number of nitrogens with zero attached hydrogens (tertiary/aromatic N) is 6. The third-order valence-electron chi connectivity index (χ3n) is 5.81. The molecular formula is C22H21N7O4S. The summed E-state index contributed by atoms with van der Waals surface area (Å²) in [5.74, 6) is 0.714. The molecule has 4 aromatic heterocycles. The van der Waals surface area contributed by atoms with Crippen LogP contribution >= 0.6 is 11.3 Å². The molecule has 11 nitrogen and oxygen atoms in total. The third-order valence-corrected chi connectivity index (χ3v) is 6.84. The van der Waals surface area contributed by atoms with Crippen LogP contribution in [0.15, 0.2) is 36.8 Å². The van der Waals surface area contributed by atoms with Gasteiger partial charge in [0.25, 0.3) is 5.91 Å². The number of anilines is 1. The van der Waals surface area contributed by atoms with E-state index in [1.54, 1.807) is 31.8 Å². The molecular weight excluding hydrogens is 458 g/mol. The molecule has 12 heteroatoms. The van der Waals surface area contributed by atoms with E-state index in [0.29, 0.717) is 28.2 Å². The van der Waals surface area contributed by atoms with Gasteiger partial charge in [-0.2, -0.15) is 5.10 Å². The highest BCUT2D eigenvalue weighted by molar-refractivity contribution is 7.17. The second-order valence-electron chi connectivity index (χ2n) is 7.98. The van der Waals surface area contributed by atoms with Crippen molar-refractivity contribution in [1.29, 1.82) is 0 Å². The number of aromatic nitrogens is 5. The van der Waals surface area contributed by atoms with Crippen molar-refractivity contribution < 1.29 is 14.5 Å². The maximum absolute atomic E-state index is 12.9. The molecule has 0 unspecified atom stereocenters. The average molecular weight is 480 g/mol. The Labute approximate surface area is 198 Å². The highest BCUT2D eigenvalue weighted by Crippen LogP contribution is 2.33. The number of rotatable bonds is 6. The summed E-state index contributed by atoms with van der Waals surface area (Å²) in [4.78, 5) is 37.2. The van der Waals surface area contributed by atoms with Crippen molar-refractivity contribution in [2.75, 3.05) is 12.4 Å². The minimum absolute atomic E-state index is 0.105. The quantitative estimate of drug-likeness (QED) is 0.312. The molecule has 1 fully saturated rings. The van der Waals surface area contributed by atoms with Crippen LogP contribution in [0.1, 0.15) is 47.8 Å². The first-order chi connectivity index (χ1) is 16.5. The standard InChI is InChI=1S/C22H21N7O4S/c1-33-15-9-13(10-23-11-15)19-25-20(27-22(30)17-7-8-18(34-17)29(31)32)16-12-24-28(21(16)26-19)14-5-3-2-4-6-14/h7-12,14H,2-6H2,1H3,(H,25,26,27,30). The van der Waals surface area contributed by atoms with Gasteiger partial charge in [0.05, 0.1) is 40.7 Å². The zero-order valence-electron chi connectivity index (χ0n) is 18.3. The lowest BCUT2D eigenvalue weighted by Gasteiger charge is -2.22. The SMILES string of the molecule is COc1cncc(-c2nc(NC(=O)c3ccc([N+](=O)[O-])s3)c3cnn(C4CCCCC4)c3n2)c1. The predicted octanol–water partition coefficient (Wildman–Crippen LogP) is 4.62. The summed E-state index contributed by atoms with van der Waals surface area (Å²) in [6.45, 7) is 0. The first-order valence-corrected chi connectivity index (χ1v) is 11.7. The van der Waals surface area contributed by atoms with Gasteiger partial charge in [-0.15, -0.1) is 0 Å². The monoisotopic (exact) mass is 479 g/mol. The number of hydrogen-bond acceptors (Lipinski definition) is 9. The third kappa shape index (κ3) is 4.19. The number of amides is 1. The van der Waals surface area contributed by atoms with Crippen molar-refractivity contribution in [2.45, 2.75) is 38.1 Å². The summed E-state index contributed by atoms with van der Waals surface area (Å²) in [5, 5.41) is 18.9. The molecule has 4 heterocycles. The molecule has 1 N–H and O–H groups in total. The number of pyridine rings is 1. The summed E-state index contributed by atoms with van der Waals surface area (Å²) >= 11 is 0.805. The zero-order chi connectivity index (χ0) is 23.7. The number of nitrogens with one attached hydrogen (secondary N) is 1. The minimum Gasteiger partial charge on any atom is -0.495 e. The van der Waals surface area contributed by atoms with Crippen molar-refractivity contribution in [1.82, 2.24) is 24.7 Å². The van der Waals surface area contributed by atoms with Crippen LogP contribution in [0, 0.1) is 10.1 Å². The summed E-state index contributed by atoms with van der Waals surface area (Å²) < 4.78 is 7.20. The molecule has 0 saturated heterocycles. The van der Waals surface area contributed by atoms with Crippen LogP contribution in [-0.4, -0.2) is 42.7 Å². The summed E-state index contributed by atoms with van der Waals surface area (Å²) in [6, 6.07) is 4.73. The largest absolute Gasteiger partial charge is 0.495 e. The Morgan fingerprint density at radius 2 is 2.03 bits per heavy atom. The van der Waals surface area contributed by atoms with Crippen LogP contribution in [0.4, 0.5) is 10.8 Å². The molecule has 5 rings (SSSR count). The Morgan fingerprint density at radius 1 is 1.21 bits per heavy atom. The van der Waals surface area contributed by atoms with Gasteiger partial charge in [0, 0.05) is 17.8 Å². The Morgan fingerprint density at radius 3 is 2.76 bits per heavy atom. The molecule has 1 amide bonds. The van der Waals surface area contributed by atoms with Crippen molar-refractivity contribution in [2.24, 2.45) is 0 Å². The van der Waals surface area contributed by atoms with Crippen LogP contribution in [0.25, 0.3) is 22.4 Å². The molecule has 1 aliphatic carbocycles. The number of carbonyl (C=O) groups excluding carboxylic acids is 1. The summed E-state index contributed by atoms with van der Waals surface area (Å²) in [6.07, 6.45) is 10.4. The fourth-order valence-corrected chi connectivity index (χ4v) is 4.83. The van der Waals surface area contributed by atoms with E-state index in [1.165, 1.54) is 18.6 Å². The van der Waals surface area contributed by atoms with Crippen molar-refractivity contribution in [3.8, 4) is 17.1 Å². The van der Waals surface area contributed by atoms with E-state index in [9.17, 15) is 14.9 Å². The zero-order valence-corrected chi connectivity index (χ0v) is 19.1. The normalized spacial score (nSPS) is 14.3. The van der Waals surface area contributed by atoms with E-state index in [-0.39, 0.29) is 21.7 Å². The Hall–Kier alpha value is -3.93. The molecule has 174 valence electrons. The van der Waals surface area contributed by atoms with Gasteiger partial charge in [0.1, 0.15) is 11.6 Å². The van der Waals surface area contributed by atoms with Crippen LogP contribution < -0.4 is 10.1 Å². The molecule has 34 heavy (non-hydrogen) atoms. The fourth-order valence-electron chi connectivity index (χ4n) is 4.11. The lowest BCUT2D eigenvalue weighted by Crippen LogP contribution is -2.16. The Balaban J connectivity index is 1.59. The highest BCUT2D eigenvalue weighted by Gasteiger charge is 2.23. The van der Waals surface area contributed by atoms with Gasteiger partial charge in [0.2, 0.25) is 0 Å². The summed E-state index contributed by atoms with van der Waals surface area (Å²) in [5.41, 5.74) is 1.24. The van der Waals surface area contributed by atoms with E-state index < -0.39 is 10.8 Å². The van der Waals surface area contributed by atoms with Crippen molar-refractivity contribution >= 4 is 39.1 Å². The summed E-state index contributed by atoms with van der Waals surface area (Å²) in [7, 11) is 1.55. The van der Waals surface area contributed by atoms with E-state index in [4.69, 9.17) is 9.72 Å². The average Bonchev–Trinajstić information content (AvgIpc) is 3.53. The predicted molar refractivity (Wildman–Crippen MR) is 126 cm³/mol. The number of hydrogen-bond donors (Lipinski definition) is 1. The van der Waals surface area contributed by atoms with Gasteiger partial charge < -0.3 is 10.1 Å². The van der Waals surface area contributed by atoms with Crippen LogP contribution in [-0.2, 0) is 0 Å². The fraction of sp³-hybridized carbons (Fsp3) is 0.318. The molecule has 1 saturated carbocycles. The van der Waals surface area contributed by atoms with Crippen LogP contribution in [0.3, 0.4) is 0 Å². The van der Waals surface area contributed by atoms with Gasteiger partial charge in [0.15, 0.2) is 11.5 Å². The minimum atomic E-state index is -0.521. The van der Waals surface area contributed by atoms with Crippen LogP contribution in [0.2, 0.25) is 0 Å². The van der Waals surface area contributed by atoms with E-state index in [1.807, 2.05) is 4.68 Å². The number of thiophene rings is 1. The van der Waals surface area contributed by atoms with Gasteiger partial charge in [-0.1, -0.05) is 30.6 Å². The van der Waals surface area contributed by atoms with Gasteiger partial charge in [-0.3, -0.25) is 19.9 Å². The highest BCUT2D eigenvalue weighted by atomic mass is 32.1. The van der Waals surface area contributed by atoms with Gasteiger partial charge in [-0.25, -0.2) is 14.6 Å². The van der Waals surface area contributed by atoms with Crippen LogP contribution in [0.5, 0.6) is 5.75 Å². The Bertz CT molecular complexity index is 1380. The second kappa shape index (κ2) is 9.14. The first-order valence-electron chi connectivity index (χ1n) is 10.8. The maximum Gasteiger partial charge on any atom is 0.324 e. The molecule has 0 bridgehead atoms. The number of carbonyl (C=O) groups is 1. The van der Waals surface area contributed by atoms with Crippen molar-refractivity contribution in [3.63, 3.8) is 0 Å². The second-order valence-corrected chi connectivity index (χ2v) is 9.04. The molecule has 0 aliphatic heterocycles. The van der Waals surface area contributed by atoms with E-state index >= 15 is 0 Å². The molecule has 0 aromatic carbocycles. The number of ether oxygens (including phenoxy) is 1. The van der Waals surface area contributed by atoms with E-state index in [2.05, 4.69) is 20.4 Å². The number of fused-ring (bicyclic) bond motifs is 1. The molecule has 0 spiro atoms.